The summed E-state index contributed by atoms with van der Waals surface area (Å²) in [6.07, 6.45) is 1.72. The van der Waals surface area contributed by atoms with Gasteiger partial charge >= 0.3 is 0 Å². The number of halogens is 1. The third kappa shape index (κ3) is 2.20. The van der Waals surface area contributed by atoms with E-state index < -0.39 is 20.9 Å². The molecule has 0 spiro atoms. The summed E-state index contributed by atoms with van der Waals surface area (Å²) in [6.45, 7) is 7.51. The number of Topliss-reactive ketones (excluding diaryl/α,β-unsaturated/α-hetero) is 1. The maximum atomic E-state index is 12.4. The van der Waals surface area contributed by atoms with Crippen LogP contribution >= 0.6 is 15.9 Å². The highest BCUT2D eigenvalue weighted by atomic mass is 79.9. The smallest absolute Gasteiger partial charge is 0.212 e. The van der Waals surface area contributed by atoms with Crippen molar-refractivity contribution in [2.75, 3.05) is 5.75 Å². The highest BCUT2D eigenvalue weighted by molar-refractivity contribution is 9.10. The van der Waals surface area contributed by atoms with Crippen LogP contribution in [0.3, 0.4) is 0 Å². The zero-order valence-electron chi connectivity index (χ0n) is 11.9. The predicted octanol–water partition coefficient (Wildman–Crippen LogP) is 2.08. The van der Waals surface area contributed by atoms with Crippen LogP contribution in [0.15, 0.2) is 0 Å². The average Bonchev–Trinajstić information content (AvgIpc) is 2.52. The lowest BCUT2D eigenvalue weighted by Gasteiger charge is -2.36. The van der Waals surface area contributed by atoms with E-state index in [1.54, 1.807) is 0 Å². The van der Waals surface area contributed by atoms with E-state index in [9.17, 15) is 13.2 Å². The Hall–Kier alpha value is 0.0600. The minimum atomic E-state index is -3.36. The van der Waals surface area contributed by atoms with Gasteiger partial charge in [0.15, 0.2) is 5.78 Å². The minimum absolute atomic E-state index is 0.0349. The number of sulfonamides is 1. The van der Waals surface area contributed by atoms with Gasteiger partial charge in [-0.05, 0) is 38.0 Å². The quantitative estimate of drug-likeness (QED) is 0.788. The van der Waals surface area contributed by atoms with E-state index in [1.807, 2.05) is 27.7 Å². The van der Waals surface area contributed by atoms with Gasteiger partial charge in [-0.25, -0.2) is 13.1 Å². The van der Waals surface area contributed by atoms with Crippen molar-refractivity contribution in [2.24, 2.45) is 16.7 Å². The van der Waals surface area contributed by atoms with Crippen LogP contribution in [0.2, 0.25) is 0 Å². The minimum Gasteiger partial charge on any atom is -0.298 e. The molecule has 2 fully saturated rings. The summed E-state index contributed by atoms with van der Waals surface area (Å²) >= 11 is 3.47. The molecule has 4 atom stereocenters. The second kappa shape index (κ2) is 4.53. The van der Waals surface area contributed by atoms with Crippen molar-refractivity contribution in [1.29, 1.82) is 0 Å². The first-order valence-corrected chi connectivity index (χ1v) is 9.29. The van der Waals surface area contributed by atoms with Crippen LogP contribution in [-0.4, -0.2) is 30.8 Å². The average molecular weight is 352 g/mol. The first-order chi connectivity index (χ1) is 8.53. The molecule has 1 N–H and O–H groups in total. The van der Waals surface area contributed by atoms with Gasteiger partial charge < -0.3 is 0 Å². The van der Waals surface area contributed by atoms with E-state index in [1.165, 1.54) is 0 Å². The van der Waals surface area contributed by atoms with Gasteiger partial charge in [0.2, 0.25) is 10.0 Å². The van der Waals surface area contributed by atoms with Gasteiger partial charge in [-0.3, -0.25) is 4.79 Å². The van der Waals surface area contributed by atoms with Gasteiger partial charge in [0, 0.05) is 11.5 Å². The molecule has 0 unspecified atom stereocenters. The molecule has 0 aromatic carbocycles. The van der Waals surface area contributed by atoms with Crippen LogP contribution in [0, 0.1) is 16.7 Å². The highest BCUT2D eigenvalue weighted by Crippen LogP contribution is 2.65. The van der Waals surface area contributed by atoms with Gasteiger partial charge in [-0.15, -0.1) is 0 Å². The molecule has 0 saturated heterocycles. The molecule has 2 saturated carbocycles. The topological polar surface area (TPSA) is 63.2 Å². The lowest BCUT2D eigenvalue weighted by molar-refractivity contribution is -0.127. The summed E-state index contributed by atoms with van der Waals surface area (Å²) < 4.78 is 27.1. The lowest BCUT2D eigenvalue weighted by Crippen LogP contribution is -2.45. The first-order valence-electron chi connectivity index (χ1n) is 6.72. The molecule has 0 aliphatic heterocycles. The maximum absolute atomic E-state index is 12.4. The number of carbonyl (C=O) groups is 1. The Balaban J connectivity index is 2.32. The molecular formula is C13H22BrNO3S. The van der Waals surface area contributed by atoms with E-state index >= 15 is 0 Å². The second-order valence-corrected chi connectivity index (χ2v) is 9.43. The van der Waals surface area contributed by atoms with Crippen LogP contribution in [0.5, 0.6) is 0 Å². The summed E-state index contributed by atoms with van der Waals surface area (Å²) in [5.41, 5.74) is -0.990. The Morgan fingerprint density at radius 1 is 1.42 bits per heavy atom. The third-order valence-electron chi connectivity index (χ3n) is 5.09. The maximum Gasteiger partial charge on any atom is 0.212 e. The van der Waals surface area contributed by atoms with E-state index in [-0.39, 0.29) is 28.3 Å². The Labute approximate surface area is 123 Å². The van der Waals surface area contributed by atoms with Gasteiger partial charge in [0.25, 0.3) is 0 Å². The third-order valence-corrected chi connectivity index (χ3v) is 7.95. The molecule has 0 aromatic heterocycles. The van der Waals surface area contributed by atoms with Gasteiger partial charge in [-0.1, -0.05) is 29.8 Å². The molecule has 0 heterocycles. The number of hydrogen-bond acceptors (Lipinski definition) is 3. The molecule has 110 valence electrons. The molecule has 2 aliphatic carbocycles. The van der Waals surface area contributed by atoms with E-state index in [0.717, 1.165) is 12.8 Å². The fraction of sp³-hybridized carbons (Fsp3) is 0.923. The normalized spacial score (nSPS) is 42.3. The van der Waals surface area contributed by atoms with Crippen molar-refractivity contribution in [1.82, 2.24) is 4.72 Å². The summed E-state index contributed by atoms with van der Waals surface area (Å²) in [5.74, 6) is 0.326. The number of alkyl halides is 1. The van der Waals surface area contributed by atoms with Crippen LogP contribution in [0.4, 0.5) is 0 Å². The first kappa shape index (κ1) is 15.4. The number of carbonyl (C=O) groups excluding carboxylic acids is 1. The number of rotatable bonds is 4. The molecule has 0 amide bonds. The SMILES string of the molecule is CC(C)NS(=O)(=O)C[C@@]1(C)[C@H]2CC[C@@]1(C)C(=O)[C@H]2Br. The van der Waals surface area contributed by atoms with E-state index in [2.05, 4.69) is 20.7 Å². The summed E-state index contributed by atoms with van der Waals surface area (Å²) in [6, 6.07) is -0.115. The number of nitrogens with one attached hydrogen (secondary N) is 1. The number of fused-ring (bicyclic) bond motifs is 2. The van der Waals surface area contributed by atoms with E-state index in [0.29, 0.717) is 0 Å². The van der Waals surface area contributed by atoms with Crippen LogP contribution in [0.25, 0.3) is 0 Å². The van der Waals surface area contributed by atoms with Crippen molar-refractivity contribution >= 4 is 31.7 Å². The monoisotopic (exact) mass is 351 g/mol. The largest absolute Gasteiger partial charge is 0.298 e. The molecular weight excluding hydrogens is 330 g/mol. The Morgan fingerprint density at radius 3 is 2.42 bits per heavy atom. The van der Waals surface area contributed by atoms with Crippen molar-refractivity contribution in [3.05, 3.63) is 0 Å². The molecule has 0 radical (unpaired) electrons. The molecule has 4 nitrogen and oxygen atoms in total. The fourth-order valence-corrected chi connectivity index (χ4v) is 7.36. The Bertz CT molecular complexity index is 504. The van der Waals surface area contributed by atoms with Crippen molar-refractivity contribution in [3.63, 3.8) is 0 Å². The molecule has 0 aromatic rings. The van der Waals surface area contributed by atoms with Crippen molar-refractivity contribution in [2.45, 2.75) is 51.4 Å². The second-order valence-electron chi connectivity index (χ2n) is 6.69. The molecule has 19 heavy (non-hydrogen) atoms. The van der Waals surface area contributed by atoms with Gasteiger partial charge in [0.1, 0.15) is 0 Å². The zero-order valence-corrected chi connectivity index (χ0v) is 14.3. The fourth-order valence-electron chi connectivity index (χ4n) is 3.88. The highest BCUT2D eigenvalue weighted by Gasteiger charge is 2.68. The summed E-state index contributed by atoms with van der Waals surface area (Å²) in [7, 11) is -3.36. The number of ketones is 1. The molecule has 2 bridgehead atoms. The van der Waals surface area contributed by atoms with E-state index in [4.69, 9.17) is 0 Å². The van der Waals surface area contributed by atoms with Crippen molar-refractivity contribution in [3.8, 4) is 0 Å². The molecule has 2 rings (SSSR count). The predicted molar refractivity (Wildman–Crippen MR) is 78.7 cm³/mol. The molecule has 2 aliphatic rings. The van der Waals surface area contributed by atoms with Gasteiger partial charge in [0.05, 0.1) is 10.6 Å². The van der Waals surface area contributed by atoms with Crippen LogP contribution in [0.1, 0.15) is 40.5 Å². The van der Waals surface area contributed by atoms with Crippen LogP contribution < -0.4 is 4.72 Å². The Morgan fingerprint density at radius 2 is 2.00 bits per heavy atom. The summed E-state index contributed by atoms with van der Waals surface area (Å²) in [4.78, 5) is 12.2. The molecule has 6 heteroatoms. The van der Waals surface area contributed by atoms with Crippen LogP contribution in [-0.2, 0) is 14.8 Å². The number of hydrogen-bond donors (Lipinski definition) is 1. The Kier molecular flexibility index (Phi) is 3.68. The summed E-state index contributed by atoms with van der Waals surface area (Å²) in [5, 5.41) is 0. The van der Waals surface area contributed by atoms with Crippen molar-refractivity contribution < 1.29 is 13.2 Å². The zero-order chi connectivity index (χ0) is 14.6. The van der Waals surface area contributed by atoms with Gasteiger partial charge in [-0.2, -0.15) is 0 Å². The standard InChI is InChI=1S/C13H22BrNO3S/c1-8(2)15-19(17,18)7-13(4)9-5-6-12(13,3)11(16)10(9)14/h8-10,15H,5-7H2,1-4H3/t9-,10-,12-,13-/m0/s1. The lowest BCUT2D eigenvalue weighted by atomic mass is 9.70.